The molecule has 1 fully saturated rings. The minimum atomic E-state index is -1.11. The molecule has 0 radical (unpaired) electrons. The summed E-state index contributed by atoms with van der Waals surface area (Å²) in [5.41, 5.74) is 5.47. The Labute approximate surface area is 59.6 Å². The topological polar surface area (TPSA) is 75.7 Å². The van der Waals surface area contributed by atoms with Crippen LogP contribution in [0.15, 0.2) is 0 Å². The lowest BCUT2D eigenvalue weighted by Crippen LogP contribution is -2.51. The highest BCUT2D eigenvalue weighted by Gasteiger charge is 2.32. The molecule has 4 nitrogen and oxygen atoms in total. The number of hydrogen-bond donors (Lipinski definition) is 3. The molecule has 0 aromatic carbocycles. The van der Waals surface area contributed by atoms with E-state index in [9.17, 15) is 0 Å². The average Bonchev–Trinajstić information content (AvgIpc) is 1.82. The molecule has 4 heteroatoms. The molecule has 1 heterocycles. The van der Waals surface area contributed by atoms with Crippen LogP contribution in [0.2, 0.25) is 0 Å². The van der Waals surface area contributed by atoms with Gasteiger partial charge in [-0.05, 0) is 13.3 Å². The highest BCUT2D eigenvalue weighted by molar-refractivity contribution is 4.81. The van der Waals surface area contributed by atoms with E-state index in [1.165, 1.54) is 0 Å². The summed E-state index contributed by atoms with van der Waals surface area (Å²) in [6.45, 7) is 1.81. The molecule has 0 bridgehead atoms. The molecule has 60 valence electrons. The van der Waals surface area contributed by atoms with Crippen molar-refractivity contribution in [3.8, 4) is 0 Å². The molecule has 1 saturated heterocycles. The Hall–Kier alpha value is -0.160. The second-order valence-electron chi connectivity index (χ2n) is 2.73. The summed E-state index contributed by atoms with van der Waals surface area (Å²) in [4.78, 5) is 0. The van der Waals surface area contributed by atoms with Gasteiger partial charge in [0.25, 0.3) is 0 Å². The van der Waals surface area contributed by atoms with Gasteiger partial charge in [-0.25, -0.2) is 0 Å². The van der Waals surface area contributed by atoms with Gasteiger partial charge in [0.1, 0.15) is 6.10 Å². The van der Waals surface area contributed by atoms with Crippen LogP contribution in [0.3, 0.4) is 0 Å². The summed E-state index contributed by atoms with van der Waals surface area (Å²) in [5, 5.41) is 18.0. The van der Waals surface area contributed by atoms with Gasteiger partial charge >= 0.3 is 0 Å². The number of nitrogens with two attached hydrogens (primary N) is 1. The van der Waals surface area contributed by atoms with Crippen molar-refractivity contribution in [2.24, 2.45) is 5.73 Å². The molecule has 0 saturated carbocycles. The van der Waals surface area contributed by atoms with Crippen molar-refractivity contribution in [2.45, 2.75) is 37.9 Å². The third-order valence-electron chi connectivity index (χ3n) is 1.71. The Morgan fingerprint density at radius 1 is 1.50 bits per heavy atom. The largest absolute Gasteiger partial charge is 0.386 e. The summed E-state index contributed by atoms with van der Waals surface area (Å²) in [6.07, 6.45) is -1.51. The highest BCUT2D eigenvalue weighted by Crippen LogP contribution is 2.16. The van der Waals surface area contributed by atoms with Crippen molar-refractivity contribution in [1.29, 1.82) is 0 Å². The number of rotatable bonds is 0. The average molecular weight is 147 g/mol. The lowest BCUT2D eigenvalue weighted by Gasteiger charge is -2.33. The SMILES string of the molecule is C[C@@H]1CC(N)C(O)C(O)O1. The maximum absolute atomic E-state index is 9.06. The Kier molecular flexibility index (Phi) is 2.25. The molecule has 4 atom stereocenters. The van der Waals surface area contributed by atoms with Crippen LogP contribution < -0.4 is 5.73 Å². The third kappa shape index (κ3) is 1.46. The molecule has 0 aromatic rings. The molecule has 0 aliphatic carbocycles. The zero-order valence-electron chi connectivity index (χ0n) is 5.90. The van der Waals surface area contributed by atoms with Crippen molar-refractivity contribution < 1.29 is 14.9 Å². The Morgan fingerprint density at radius 2 is 2.10 bits per heavy atom. The maximum atomic E-state index is 9.06. The molecule has 4 N–H and O–H groups in total. The van der Waals surface area contributed by atoms with Gasteiger partial charge in [0, 0.05) is 6.04 Å². The monoisotopic (exact) mass is 147 g/mol. The smallest absolute Gasteiger partial charge is 0.182 e. The fraction of sp³-hybridized carbons (Fsp3) is 1.00. The van der Waals surface area contributed by atoms with Crippen LogP contribution in [0.1, 0.15) is 13.3 Å². The third-order valence-corrected chi connectivity index (χ3v) is 1.71. The Morgan fingerprint density at radius 3 is 2.60 bits per heavy atom. The Bertz CT molecular complexity index is 108. The summed E-state index contributed by atoms with van der Waals surface area (Å²) >= 11 is 0. The molecule has 10 heavy (non-hydrogen) atoms. The van der Waals surface area contributed by atoms with Gasteiger partial charge in [0.05, 0.1) is 6.10 Å². The first-order valence-electron chi connectivity index (χ1n) is 3.38. The fourth-order valence-electron chi connectivity index (χ4n) is 1.11. The summed E-state index contributed by atoms with van der Waals surface area (Å²) < 4.78 is 4.89. The van der Waals surface area contributed by atoms with Crippen molar-refractivity contribution in [2.75, 3.05) is 0 Å². The summed E-state index contributed by atoms with van der Waals surface area (Å²) in [6, 6.07) is -0.362. The fourth-order valence-corrected chi connectivity index (χ4v) is 1.11. The number of ether oxygens (including phenoxy) is 1. The van der Waals surface area contributed by atoms with Gasteiger partial charge in [0.2, 0.25) is 0 Å². The lowest BCUT2D eigenvalue weighted by atomic mass is 10.0. The van der Waals surface area contributed by atoms with Crippen LogP contribution in [0, 0.1) is 0 Å². The second kappa shape index (κ2) is 2.84. The molecule has 1 aliphatic rings. The number of hydrogen-bond acceptors (Lipinski definition) is 4. The van der Waals surface area contributed by atoms with E-state index in [0.29, 0.717) is 6.42 Å². The molecule has 0 spiro atoms. The van der Waals surface area contributed by atoms with Crippen molar-refractivity contribution >= 4 is 0 Å². The Balaban J connectivity index is 2.49. The van der Waals surface area contributed by atoms with E-state index in [4.69, 9.17) is 20.7 Å². The molecular weight excluding hydrogens is 134 g/mol. The molecule has 0 aromatic heterocycles. The standard InChI is InChI=1S/C6H13NO3/c1-3-2-4(7)5(8)6(9)10-3/h3-6,8-9H,2,7H2,1H3/t3-,4?,5?,6?/m1/s1. The minimum Gasteiger partial charge on any atom is -0.386 e. The van der Waals surface area contributed by atoms with Gasteiger partial charge < -0.3 is 20.7 Å². The lowest BCUT2D eigenvalue weighted by molar-refractivity contribution is -0.216. The van der Waals surface area contributed by atoms with Crippen molar-refractivity contribution in [3.05, 3.63) is 0 Å². The van der Waals surface area contributed by atoms with E-state index in [1.807, 2.05) is 6.92 Å². The maximum Gasteiger partial charge on any atom is 0.182 e. The van der Waals surface area contributed by atoms with Crippen LogP contribution in [0.4, 0.5) is 0 Å². The van der Waals surface area contributed by atoms with E-state index in [0.717, 1.165) is 0 Å². The molecule has 3 unspecified atom stereocenters. The van der Waals surface area contributed by atoms with Crippen molar-refractivity contribution in [3.63, 3.8) is 0 Å². The quantitative estimate of drug-likeness (QED) is 0.402. The van der Waals surface area contributed by atoms with E-state index in [-0.39, 0.29) is 12.1 Å². The van der Waals surface area contributed by atoms with Gasteiger partial charge in [0.15, 0.2) is 6.29 Å². The van der Waals surface area contributed by atoms with Crippen LogP contribution in [0.5, 0.6) is 0 Å². The highest BCUT2D eigenvalue weighted by atomic mass is 16.6. The predicted molar refractivity (Wildman–Crippen MR) is 35.2 cm³/mol. The summed E-state index contributed by atoms with van der Waals surface area (Å²) in [5.74, 6) is 0. The van der Waals surface area contributed by atoms with Crippen molar-refractivity contribution in [1.82, 2.24) is 0 Å². The normalized spacial score (nSPS) is 49.2. The molecule has 1 aliphatic heterocycles. The second-order valence-corrected chi connectivity index (χ2v) is 2.73. The first-order chi connectivity index (χ1) is 4.61. The number of aliphatic hydroxyl groups excluding tert-OH is 2. The molecule has 1 rings (SSSR count). The minimum absolute atomic E-state index is 0.0617. The van der Waals surface area contributed by atoms with E-state index >= 15 is 0 Å². The van der Waals surface area contributed by atoms with Gasteiger partial charge in [-0.3, -0.25) is 0 Å². The first kappa shape index (κ1) is 7.94. The van der Waals surface area contributed by atoms with Crippen LogP contribution in [0.25, 0.3) is 0 Å². The molecular formula is C6H13NO3. The van der Waals surface area contributed by atoms with Crippen LogP contribution >= 0.6 is 0 Å². The van der Waals surface area contributed by atoms with Gasteiger partial charge in [-0.2, -0.15) is 0 Å². The van der Waals surface area contributed by atoms with E-state index < -0.39 is 12.4 Å². The zero-order valence-corrected chi connectivity index (χ0v) is 5.90. The van der Waals surface area contributed by atoms with Gasteiger partial charge in [-0.15, -0.1) is 0 Å². The predicted octanol–water partition coefficient (Wildman–Crippen LogP) is -1.20. The van der Waals surface area contributed by atoms with E-state index in [1.54, 1.807) is 0 Å². The number of aliphatic hydroxyl groups is 2. The van der Waals surface area contributed by atoms with E-state index in [2.05, 4.69) is 0 Å². The zero-order chi connectivity index (χ0) is 7.72. The van der Waals surface area contributed by atoms with Crippen LogP contribution in [-0.4, -0.2) is 34.8 Å². The molecule has 0 amide bonds. The van der Waals surface area contributed by atoms with Gasteiger partial charge in [-0.1, -0.05) is 0 Å². The first-order valence-corrected chi connectivity index (χ1v) is 3.38. The van der Waals surface area contributed by atoms with Crippen LogP contribution in [-0.2, 0) is 4.74 Å². The summed E-state index contributed by atoms with van der Waals surface area (Å²) in [7, 11) is 0.